The number of aryl methyl sites for hydroxylation is 1. The van der Waals surface area contributed by atoms with E-state index in [1.54, 1.807) is 12.1 Å². The number of para-hydroxylation sites is 1. The van der Waals surface area contributed by atoms with Crippen LogP contribution in [0.1, 0.15) is 49.4 Å². The third-order valence-electron chi connectivity index (χ3n) is 4.81. The molecule has 0 radical (unpaired) electrons. The minimum Gasteiger partial charge on any atom is -0.478 e. The van der Waals surface area contributed by atoms with Crippen molar-refractivity contribution < 1.29 is 15.0 Å². The summed E-state index contributed by atoms with van der Waals surface area (Å²) in [5, 5.41) is 19.5. The van der Waals surface area contributed by atoms with Gasteiger partial charge in [0, 0.05) is 17.9 Å². The van der Waals surface area contributed by atoms with Gasteiger partial charge in [-0.2, -0.15) is 0 Å². The highest BCUT2D eigenvalue weighted by Crippen LogP contribution is 2.51. The van der Waals surface area contributed by atoms with Crippen molar-refractivity contribution in [3.8, 4) is 0 Å². The maximum atomic E-state index is 11.5. The number of imidazole rings is 1. The zero-order valence-electron chi connectivity index (χ0n) is 12.5. The van der Waals surface area contributed by atoms with Gasteiger partial charge in [0.2, 0.25) is 0 Å². The Labute approximate surface area is 123 Å². The topological polar surface area (TPSA) is 75.3 Å². The number of nitrogens with zero attached hydrogens (tertiary/aromatic N) is 2. The molecular weight excluding hydrogens is 268 g/mol. The van der Waals surface area contributed by atoms with Crippen LogP contribution in [0.2, 0.25) is 0 Å². The van der Waals surface area contributed by atoms with Gasteiger partial charge in [0.15, 0.2) is 0 Å². The summed E-state index contributed by atoms with van der Waals surface area (Å²) in [6.07, 6.45) is 1.01. The molecule has 0 saturated heterocycles. The van der Waals surface area contributed by atoms with Crippen LogP contribution in [-0.4, -0.2) is 31.8 Å². The molecule has 2 atom stereocenters. The summed E-state index contributed by atoms with van der Waals surface area (Å²) in [6.45, 7) is 6.04. The number of carbonyl (C=O) groups is 1. The normalized spacial score (nSPS) is 24.0. The molecule has 2 unspecified atom stereocenters. The first-order chi connectivity index (χ1) is 9.87. The number of aliphatic hydroxyl groups is 1. The molecule has 21 heavy (non-hydrogen) atoms. The van der Waals surface area contributed by atoms with Crippen LogP contribution in [0.5, 0.6) is 0 Å². The number of hydrogen-bond acceptors (Lipinski definition) is 3. The van der Waals surface area contributed by atoms with Crippen molar-refractivity contribution in [3.63, 3.8) is 0 Å². The number of rotatable bonds is 3. The first kappa shape index (κ1) is 14.1. The Bertz CT molecular complexity index is 718. The summed E-state index contributed by atoms with van der Waals surface area (Å²) in [6, 6.07) is 5.26. The molecule has 1 aromatic carbocycles. The Morgan fingerprint density at radius 2 is 2.19 bits per heavy atom. The van der Waals surface area contributed by atoms with Crippen molar-refractivity contribution in [1.29, 1.82) is 0 Å². The van der Waals surface area contributed by atoms with Gasteiger partial charge in [-0.15, -0.1) is 0 Å². The van der Waals surface area contributed by atoms with Crippen molar-refractivity contribution in [2.24, 2.45) is 5.41 Å². The second-order valence-corrected chi connectivity index (χ2v) is 6.32. The summed E-state index contributed by atoms with van der Waals surface area (Å²) < 4.78 is 2.03. The fourth-order valence-electron chi connectivity index (χ4n) is 3.27. The fourth-order valence-corrected chi connectivity index (χ4v) is 3.27. The summed E-state index contributed by atoms with van der Waals surface area (Å²) in [5.74, 6) is -0.0641. The number of aromatic carboxylic acids is 1. The van der Waals surface area contributed by atoms with E-state index in [4.69, 9.17) is 0 Å². The highest BCUT2D eigenvalue weighted by molar-refractivity contribution is 6.01. The maximum absolute atomic E-state index is 11.5. The number of carboxylic acids is 1. The third-order valence-corrected chi connectivity index (χ3v) is 4.81. The lowest BCUT2D eigenvalue weighted by atomic mass is 9.64. The van der Waals surface area contributed by atoms with E-state index >= 15 is 0 Å². The zero-order chi connectivity index (χ0) is 15.4. The minimum atomic E-state index is -0.943. The molecule has 3 rings (SSSR count). The predicted molar refractivity (Wildman–Crippen MR) is 79.5 cm³/mol. The molecular formula is C16H20N2O3. The van der Waals surface area contributed by atoms with Crippen LogP contribution in [0.25, 0.3) is 11.0 Å². The van der Waals surface area contributed by atoms with Crippen molar-refractivity contribution in [3.05, 3.63) is 29.6 Å². The van der Waals surface area contributed by atoms with Crippen LogP contribution < -0.4 is 0 Å². The summed E-state index contributed by atoms with van der Waals surface area (Å²) in [5.41, 5.74) is 1.39. The molecule has 5 nitrogen and oxygen atoms in total. The molecule has 5 heteroatoms. The molecule has 1 saturated carbocycles. The van der Waals surface area contributed by atoms with Gasteiger partial charge in [0.25, 0.3) is 0 Å². The minimum absolute atomic E-state index is 0.0768. The summed E-state index contributed by atoms with van der Waals surface area (Å²) in [4.78, 5) is 16.1. The molecule has 0 bridgehead atoms. The van der Waals surface area contributed by atoms with E-state index in [0.717, 1.165) is 12.2 Å². The molecule has 0 amide bonds. The van der Waals surface area contributed by atoms with E-state index in [-0.39, 0.29) is 23.1 Å². The number of aromatic nitrogens is 2. The predicted octanol–water partition coefficient (Wildman–Crippen LogP) is 2.63. The van der Waals surface area contributed by atoms with Crippen molar-refractivity contribution in [2.75, 3.05) is 0 Å². The first-order valence-corrected chi connectivity index (χ1v) is 7.29. The highest BCUT2D eigenvalue weighted by atomic mass is 16.4. The second-order valence-electron chi connectivity index (χ2n) is 6.32. The van der Waals surface area contributed by atoms with E-state index < -0.39 is 5.97 Å². The largest absolute Gasteiger partial charge is 0.478 e. The van der Waals surface area contributed by atoms with Crippen LogP contribution in [0.4, 0.5) is 0 Å². The molecule has 1 fully saturated rings. The molecule has 1 aliphatic rings. The van der Waals surface area contributed by atoms with Crippen LogP contribution >= 0.6 is 0 Å². The average Bonchev–Trinajstić information content (AvgIpc) is 2.82. The van der Waals surface area contributed by atoms with Crippen molar-refractivity contribution in [1.82, 2.24) is 9.55 Å². The van der Waals surface area contributed by atoms with Crippen molar-refractivity contribution in [2.45, 2.75) is 45.8 Å². The lowest BCUT2D eigenvalue weighted by Gasteiger charge is -2.50. The number of benzene rings is 1. The Kier molecular flexibility index (Phi) is 3.06. The number of carboxylic acid groups (broad SMARTS) is 1. The molecule has 112 valence electrons. The first-order valence-electron chi connectivity index (χ1n) is 7.29. The summed E-state index contributed by atoms with van der Waals surface area (Å²) in [7, 11) is 0. The monoisotopic (exact) mass is 288 g/mol. The molecule has 1 aliphatic carbocycles. The molecule has 0 aliphatic heterocycles. The van der Waals surface area contributed by atoms with Gasteiger partial charge >= 0.3 is 5.97 Å². The van der Waals surface area contributed by atoms with E-state index in [0.29, 0.717) is 17.5 Å². The fraction of sp³-hybridized carbons (Fsp3) is 0.500. The second kappa shape index (κ2) is 4.56. The van der Waals surface area contributed by atoms with Gasteiger partial charge < -0.3 is 14.8 Å². The summed E-state index contributed by atoms with van der Waals surface area (Å²) >= 11 is 0. The average molecular weight is 288 g/mol. The van der Waals surface area contributed by atoms with Crippen LogP contribution in [-0.2, 0) is 6.42 Å². The standard InChI is InChI=1S/C16H20N2O3/c1-4-13-17-10-7-5-6-9(15(20)21)14(10)18(13)11-8-12(19)16(11,2)3/h5-7,11-12,19H,4,8H2,1-3H3,(H,20,21). The van der Waals surface area contributed by atoms with E-state index in [1.807, 2.05) is 31.4 Å². The van der Waals surface area contributed by atoms with Gasteiger partial charge in [0.1, 0.15) is 5.82 Å². The van der Waals surface area contributed by atoms with Gasteiger partial charge in [-0.25, -0.2) is 9.78 Å². The highest BCUT2D eigenvalue weighted by Gasteiger charge is 2.49. The van der Waals surface area contributed by atoms with Crippen LogP contribution in [0.15, 0.2) is 18.2 Å². The molecule has 1 aromatic heterocycles. The Morgan fingerprint density at radius 3 is 2.71 bits per heavy atom. The quantitative estimate of drug-likeness (QED) is 0.910. The molecule has 0 spiro atoms. The van der Waals surface area contributed by atoms with Crippen LogP contribution in [0, 0.1) is 5.41 Å². The Morgan fingerprint density at radius 1 is 1.48 bits per heavy atom. The van der Waals surface area contributed by atoms with E-state index in [9.17, 15) is 15.0 Å². The number of fused-ring (bicyclic) bond motifs is 1. The van der Waals surface area contributed by atoms with E-state index in [1.165, 1.54) is 0 Å². The maximum Gasteiger partial charge on any atom is 0.337 e. The Hall–Kier alpha value is -1.88. The SMILES string of the molecule is CCc1nc2cccc(C(=O)O)c2n1C1CC(O)C1(C)C. The van der Waals surface area contributed by atoms with Gasteiger partial charge in [0.05, 0.1) is 22.7 Å². The van der Waals surface area contributed by atoms with Gasteiger partial charge in [-0.3, -0.25) is 0 Å². The number of hydrogen-bond donors (Lipinski definition) is 2. The molecule has 2 aromatic rings. The Balaban J connectivity index is 2.28. The number of aliphatic hydroxyl groups excluding tert-OH is 1. The van der Waals surface area contributed by atoms with Gasteiger partial charge in [-0.05, 0) is 18.6 Å². The van der Waals surface area contributed by atoms with E-state index in [2.05, 4.69) is 4.98 Å². The lowest BCUT2D eigenvalue weighted by molar-refractivity contribution is -0.0886. The molecule has 2 N–H and O–H groups in total. The zero-order valence-corrected chi connectivity index (χ0v) is 12.5. The van der Waals surface area contributed by atoms with Crippen molar-refractivity contribution >= 4 is 17.0 Å². The van der Waals surface area contributed by atoms with Crippen LogP contribution in [0.3, 0.4) is 0 Å². The molecule has 1 heterocycles. The van der Waals surface area contributed by atoms with Gasteiger partial charge in [-0.1, -0.05) is 26.8 Å². The smallest absolute Gasteiger partial charge is 0.337 e. The third kappa shape index (κ3) is 1.87. The lowest BCUT2D eigenvalue weighted by Crippen LogP contribution is -2.50.